The third kappa shape index (κ3) is 3.40. The molecule has 6 heteroatoms. The van der Waals surface area contributed by atoms with Crippen molar-refractivity contribution in [2.45, 2.75) is 24.8 Å². The molecule has 112 valence electrons. The molecular weight excluding hydrogens is 291 g/mol. The number of anilines is 1. The molecule has 2 aromatic rings. The van der Waals surface area contributed by atoms with Gasteiger partial charge in [0.1, 0.15) is 5.82 Å². The van der Waals surface area contributed by atoms with Gasteiger partial charge in [0.2, 0.25) is 10.0 Å². The summed E-state index contributed by atoms with van der Waals surface area (Å²) < 4.78 is 40.6. The molecule has 0 saturated carbocycles. The Bertz CT molecular complexity index is 760. The summed E-state index contributed by atoms with van der Waals surface area (Å²) >= 11 is 0. The maximum absolute atomic E-state index is 13.3. The Balaban J connectivity index is 2.34. The molecule has 1 atom stereocenters. The lowest BCUT2D eigenvalue weighted by Gasteiger charge is -2.17. The molecule has 0 aliphatic carbocycles. The molecule has 1 unspecified atom stereocenters. The molecule has 0 fully saturated rings. The highest BCUT2D eigenvalue weighted by Gasteiger charge is 2.21. The maximum atomic E-state index is 13.3. The van der Waals surface area contributed by atoms with Crippen LogP contribution in [0.15, 0.2) is 47.4 Å². The first-order chi connectivity index (χ1) is 9.81. The predicted molar refractivity (Wildman–Crippen MR) is 80.7 cm³/mol. The first-order valence-electron chi connectivity index (χ1n) is 6.44. The Morgan fingerprint density at radius 3 is 2.52 bits per heavy atom. The third-order valence-corrected chi connectivity index (χ3v) is 4.92. The fourth-order valence-corrected chi connectivity index (χ4v) is 3.61. The molecular formula is C15H17FN2O2S. The van der Waals surface area contributed by atoms with Crippen molar-refractivity contribution < 1.29 is 12.8 Å². The van der Waals surface area contributed by atoms with Crippen molar-refractivity contribution in [2.75, 3.05) is 5.73 Å². The number of aryl methyl sites for hydroxylation is 1. The van der Waals surface area contributed by atoms with E-state index in [0.717, 1.165) is 6.07 Å². The zero-order valence-corrected chi connectivity index (χ0v) is 12.6. The molecule has 3 N–H and O–H groups in total. The van der Waals surface area contributed by atoms with E-state index in [2.05, 4.69) is 4.72 Å². The van der Waals surface area contributed by atoms with Gasteiger partial charge in [0.05, 0.1) is 4.90 Å². The van der Waals surface area contributed by atoms with Crippen LogP contribution in [0.3, 0.4) is 0 Å². The Morgan fingerprint density at radius 1 is 1.19 bits per heavy atom. The molecule has 2 rings (SSSR count). The van der Waals surface area contributed by atoms with Gasteiger partial charge in [0.15, 0.2) is 0 Å². The first kappa shape index (κ1) is 15.5. The van der Waals surface area contributed by atoms with Crippen LogP contribution < -0.4 is 10.5 Å². The second kappa shape index (κ2) is 5.83. The van der Waals surface area contributed by atoms with E-state index in [1.807, 2.05) is 0 Å². The van der Waals surface area contributed by atoms with Crippen molar-refractivity contribution in [1.82, 2.24) is 4.72 Å². The van der Waals surface area contributed by atoms with Crippen molar-refractivity contribution in [3.05, 3.63) is 59.4 Å². The van der Waals surface area contributed by atoms with E-state index in [-0.39, 0.29) is 4.90 Å². The number of sulfonamides is 1. The number of hydrogen-bond donors (Lipinski definition) is 2. The molecule has 0 bridgehead atoms. The van der Waals surface area contributed by atoms with E-state index in [9.17, 15) is 12.8 Å². The number of hydrogen-bond acceptors (Lipinski definition) is 3. The van der Waals surface area contributed by atoms with Gasteiger partial charge in [-0.15, -0.1) is 0 Å². The monoisotopic (exact) mass is 308 g/mol. The second-order valence-electron chi connectivity index (χ2n) is 4.88. The quantitative estimate of drug-likeness (QED) is 0.853. The zero-order valence-electron chi connectivity index (χ0n) is 11.8. The summed E-state index contributed by atoms with van der Waals surface area (Å²) in [7, 11) is -3.82. The number of nitrogens with two attached hydrogens (primary N) is 1. The van der Waals surface area contributed by atoms with E-state index >= 15 is 0 Å². The van der Waals surface area contributed by atoms with Gasteiger partial charge >= 0.3 is 0 Å². The topological polar surface area (TPSA) is 72.2 Å². The van der Waals surface area contributed by atoms with Crippen LogP contribution in [0.5, 0.6) is 0 Å². The number of para-hydroxylation sites is 1. The molecule has 0 aliphatic rings. The molecule has 0 spiro atoms. The molecule has 0 aliphatic heterocycles. The molecule has 0 saturated heterocycles. The van der Waals surface area contributed by atoms with Gasteiger partial charge in [-0.1, -0.05) is 24.3 Å². The first-order valence-corrected chi connectivity index (χ1v) is 7.92. The van der Waals surface area contributed by atoms with Gasteiger partial charge in [-0.25, -0.2) is 17.5 Å². The van der Waals surface area contributed by atoms with E-state index < -0.39 is 21.9 Å². The van der Waals surface area contributed by atoms with Crippen LogP contribution in [0.4, 0.5) is 10.1 Å². The highest BCUT2D eigenvalue weighted by molar-refractivity contribution is 7.89. The van der Waals surface area contributed by atoms with Crippen LogP contribution in [0, 0.1) is 12.7 Å². The highest BCUT2D eigenvalue weighted by atomic mass is 32.2. The third-order valence-electron chi connectivity index (χ3n) is 3.23. The number of nitrogen functional groups attached to an aromatic ring is 1. The molecule has 0 radical (unpaired) electrons. The van der Waals surface area contributed by atoms with Gasteiger partial charge < -0.3 is 5.73 Å². The summed E-state index contributed by atoms with van der Waals surface area (Å²) in [6.45, 7) is 3.31. The summed E-state index contributed by atoms with van der Waals surface area (Å²) in [5.41, 5.74) is 7.50. The predicted octanol–water partition coefficient (Wildman–Crippen LogP) is 2.76. The Morgan fingerprint density at radius 2 is 1.86 bits per heavy atom. The van der Waals surface area contributed by atoms with Gasteiger partial charge in [0.25, 0.3) is 0 Å². The van der Waals surface area contributed by atoms with Gasteiger partial charge in [-0.3, -0.25) is 0 Å². The summed E-state index contributed by atoms with van der Waals surface area (Å²) in [6.07, 6.45) is 0. The van der Waals surface area contributed by atoms with E-state index in [0.29, 0.717) is 16.8 Å². The molecule has 0 amide bonds. The van der Waals surface area contributed by atoms with Crippen molar-refractivity contribution in [1.29, 1.82) is 0 Å². The van der Waals surface area contributed by atoms with Crippen molar-refractivity contribution in [3.8, 4) is 0 Å². The Kier molecular flexibility index (Phi) is 4.29. The number of benzene rings is 2. The standard InChI is InChI=1S/C15H17FN2O2S/c1-10-7-8-12(16)9-15(10)21(19,20)18-11(2)13-5-3-4-6-14(13)17/h3-9,11,18H,17H2,1-2H3. The lowest BCUT2D eigenvalue weighted by atomic mass is 10.1. The van der Waals surface area contributed by atoms with Crippen LogP contribution in [0.25, 0.3) is 0 Å². The minimum atomic E-state index is -3.82. The Hall–Kier alpha value is -1.92. The SMILES string of the molecule is Cc1ccc(F)cc1S(=O)(=O)NC(C)c1ccccc1N. The fourth-order valence-electron chi connectivity index (χ4n) is 2.13. The van der Waals surface area contributed by atoms with Gasteiger partial charge in [0, 0.05) is 11.7 Å². The number of rotatable bonds is 4. The number of halogens is 1. The average Bonchev–Trinajstić information content (AvgIpc) is 2.41. The molecule has 21 heavy (non-hydrogen) atoms. The zero-order chi connectivity index (χ0) is 15.6. The lowest BCUT2D eigenvalue weighted by molar-refractivity contribution is 0.563. The van der Waals surface area contributed by atoms with Crippen LogP contribution in [0.1, 0.15) is 24.1 Å². The van der Waals surface area contributed by atoms with E-state index in [1.54, 1.807) is 38.1 Å². The Labute approximate surface area is 123 Å². The van der Waals surface area contributed by atoms with Gasteiger partial charge in [-0.2, -0.15) is 0 Å². The smallest absolute Gasteiger partial charge is 0.241 e. The van der Waals surface area contributed by atoms with Crippen LogP contribution in [-0.2, 0) is 10.0 Å². The van der Waals surface area contributed by atoms with Crippen molar-refractivity contribution in [3.63, 3.8) is 0 Å². The maximum Gasteiger partial charge on any atom is 0.241 e. The van der Waals surface area contributed by atoms with Crippen LogP contribution in [0.2, 0.25) is 0 Å². The lowest BCUT2D eigenvalue weighted by Crippen LogP contribution is -2.28. The minimum absolute atomic E-state index is 0.0659. The molecule has 4 nitrogen and oxygen atoms in total. The van der Waals surface area contributed by atoms with E-state index in [1.165, 1.54) is 12.1 Å². The molecule has 0 heterocycles. The van der Waals surface area contributed by atoms with Gasteiger partial charge in [-0.05, 0) is 43.2 Å². The number of nitrogens with one attached hydrogen (secondary N) is 1. The normalized spacial score (nSPS) is 13.1. The summed E-state index contributed by atoms with van der Waals surface area (Å²) in [5.74, 6) is -0.590. The van der Waals surface area contributed by atoms with E-state index in [4.69, 9.17) is 5.73 Å². The van der Waals surface area contributed by atoms with Crippen molar-refractivity contribution >= 4 is 15.7 Å². The van der Waals surface area contributed by atoms with Crippen LogP contribution in [-0.4, -0.2) is 8.42 Å². The molecule has 0 aromatic heterocycles. The van der Waals surface area contributed by atoms with Crippen molar-refractivity contribution in [2.24, 2.45) is 0 Å². The summed E-state index contributed by atoms with van der Waals surface area (Å²) in [5, 5.41) is 0. The van der Waals surface area contributed by atoms with Crippen LogP contribution >= 0.6 is 0 Å². The second-order valence-corrected chi connectivity index (χ2v) is 6.56. The summed E-state index contributed by atoms with van der Waals surface area (Å²) in [4.78, 5) is -0.0659. The largest absolute Gasteiger partial charge is 0.398 e. The molecule has 2 aromatic carbocycles. The minimum Gasteiger partial charge on any atom is -0.398 e. The highest BCUT2D eigenvalue weighted by Crippen LogP contribution is 2.23. The average molecular weight is 308 g/mol. The fraction of sp³-hybridized carbons (Fsp3) is 0.200. The summed E-state index contributed by atoms with van der Waals surface area (Å²) in [6, 6.07) is 10.2.